The van der Waals surface area contributed by atoms with Gasteiger partial charge in [-0.05, 0) is 23.8 Å². The Labute approximate surface area is 128 Å². The number of nitrogens with one attached hydrogen (secondary N) is 1. The maximum atomic E-state index is 11.6. The molecule has 0 unspecified atom stereocenters. The van der Waals surface area contributed by atoms with Crippen molar-refractivity contribution in [1.82, 2.24) is 10.2 Å². The smallest absolute Gasteiger partial charge is 0.330 e. The van der Waals surface area contributed by atoms with E-state index in [1.54, 1.807) is 18.2 Å². The van der Waals surface area contributed by atoms with Crippen molar-refractivity contribution >= 4 is 17.7 Å². The summed E-state index contributed by atoms with van der Waals surface area (Å²) >= 11 is 0. The number of rotatable bonds is 6. The van der Waals surface area contributed by atoms with Crippen LogP contribution in [0.4, 0.5) is 5.69 Å². The fraction of sp³-hybridized carbons (Fsp3) is 0.400. The zero-order valence-electron chi connectivity index (χ0n) is 12.2. The Morgan fingerprint density at radius 3 is 2.64 bits per heavy atom. The molecule has 1 fully saturated rings. The lowest BCUT2D eigenvalue weighted by atomic mass is 10.2. The molecule has 22 heavy (non-hydrogen) atoms. The summed E-state index contributed by atoms with van der Waals surface area (Å²) in [5.41, 5.74) is 0.736. The van der Waals surface area contributed by atoms with Gasteiger partial charge in [-0.1, -0.05) is 0 Å². The van der Waals surface area contributed by atoms with Crippen molar-refractivity contribution in [2.24, 2.45) is 0 Å². The second kappa shape index (κ2) is 8.26. The average molecular weight is 305 g/mol. The molecule has 0 bridgehead atoms. The first-order valence-corrected chi connectivity index (χ1v) is 7.17. The highest BCUT2D eigenvalue weighted by atomic mass is 16.6. The molecule has 0 radical (unpaired) electrons. The monoisotopic (exact) mass is 305 g/mol. The molecule has 0 amide bonds. The third-order valence-corrected chi connectivity index (χ3v) is 3.38. The zero-order valence-corrected chi connectivity index (χ0v) is 12.2. The van der Waals surface area contributed by atoms with Crippen molar-refractivity contribution in [3.05, 3.63) is 46.0 Å². The number of carbonyl (C=O) groups excluding carboxylic acids is 1. The third kappa shape index (κ3) is 5.27. The van der Waals surface area contributed by atoms with Gasteiger partial charge in [0.25, 0.3) is 5.69 Å². The molecule has 1 aliphatic rings. The Balaban J connectivity index is 1.72. The average Bonchev–Trinajstić information content (AvgIpc) is 2.54. The van der Waals surface area contributed by atoms with E-state index < -0.39 is 10.9 Å². The molecular weight excluding hydrogens is 286 g/mol. The summed E-state index contributed by atoms with van der Waals surface area (Å²) in [6.45, 7) is 4.97. The van der Waals surface area contributed by atoms with Gasteiger partial charge in [-0.3, -0.25) is 15.0 Å². The van der Waals surface area contributed by atoms with Crippen molar-refractivity contribution < 1.29 is 14.5 Å². The molecule has 1 saturated heterocycles. The Morgan fingerprint density at radius 2 is 2.00 bits per heavy atom. The molecule has 7 heteroatoms. The summed E-state index contributed by atoms with van der Waals surface area (Å²) in [5.74, 6) is -0.409. The number of ether oxygens (including phenoxy) is 1. The van der Waals surface area contributed by atoms with Gasteiger partial charge in [-0.15, -0.1) is 0 Å². The summed E-state index contributed by atoms with van der Waals surface area (Å²) in [6.07, 6.45) is 2.91. The van der Waals surface area contributed by atoms with Crippen LogP contribution >= 0.6 is 0 Å². The van der Waals surface area contributed by atoms with Gasteiger partial charge in [0, 0.05) is 50.9 Å². The molecule has 0 spiro atoms. The number of nitrogens with zero attached hydrogens (tertiary/aromatic N) is 2. The molecule has 0 aromatic heterocycles. The standard InChI is InChI=1S/C15H19N3O4/c19-15(22-12-11-17-9-7-16-8-10-17)6-3-13-1-4-14(5-2-13)18(20)21/h1-6,16H,7-12H2/b6-3+. The van der Waals surface area contributed by atoms with E-state index in [9.17, 15) is 14.9 Å². The van der Waals surface area contributed by atoms with Crippen LogP contribution < -0.4 is 5.32 Å². The normalized spacial score (nSPS) is 15.8. The minimum atomic E-state index is -0.460. The number of nitro benzene ring substituents is 1. The molecule has 1 aromatic carbocycles. The highest BCUT2D eigenvalue weighted by molar-refractivity contribution is 5.87. The van der Waals surface area contributed by atoms with Crippen LogP contribution in [0.3, 0.4) is 0 Å². The minimum absolute atomic E-state index is 0.0238. The number of hydrogen-bond donors (Lipinski definition) is 1. The van der Waals surface area contributed by atoms with Crippen molar-refractivity contribution in [2.75, 3.05) is 39.3 Å². The molecule has 1 aromatic rings. The minimum Gasteiger partial charge on any atom is -0.461 e. The molecule has 0 aliphatic carbocycles. The first kappa shape index (κ1) is 16.1. The van der Waals surface area contributed by atoms with Crippen LogP contribution in [0.1, 0.15) is 5.56 Å². The van der Waals surface area contributed by atoms with Gasteiger partial charge in [-0.2, -0.15) is 0 Å². The van der Waals surface area contributed by atoms with Gasteiger partial charge in [0.2, 0.25) is 0 Å². The van der Waals surface area contributed by atoms with Gasteiger partial charge < -0.3 is 10.1 Å². The second-order valence-corrected chi connectivity index (χ2v) is 4.94. The predicted octanol–water partition coefficient (Wildman–Crippen LogP) is 1.06. The summed E-state index contributed by atoms with van der Waals surface area (Å²) in [4.78, 5) is 23.9. The SMILES string of the molecule is O=C(/C=C/c1ccc([N+](=O)[O-])cc1)OCCN1CCNCC1. The number of carbonyl (C=O) groups is 1. The van der Waals surface area contributed by atoms with Crippen molar-refractivity contribution in [3.63, 3.8) is 0 Å². The number of nitro groups is 1. The van der Waals surface area contributed by atoms with E-state index >= 15 is 0 Å². The van der Waals surface area contributed by atoms with Crippen molar-refractivity contribution in [1.29, 1.82) is 0 Å². The quantitative estimate of drug-likeness (QED) is 0.366. The van der Waals surface area contributed by atoms with E-state index in [2.05, 4.69) is 10.2 Å². The van der Waals surface area contributed by atoms with E-state index in [1.807, 2.05) is 0 Å². The van der Waals surface area contributed by atoms with Crippen molar-refractivity contribution in [3.8, 4) is 0 Å². The molecule has 1 N–H and O–H groups in total. The van der Waals surface area contributed by atoms with Gasteiger partial charge in [0.1, 0.15) is 6.61 Å². The van der Waals surface area contributed by atoms with Gasteiger partial charge in [-0.25, -0.2) is 4.79 Å². The van der Waals surface area contributed by atoms with Crippen LogP contribution in [0.15, 0.2) is 30.3 Å². The van der Waals surface area contributed by atoms with E-state index in [1.165, 1.54) is 18.2 Å². The number of esters is 1. The summed E-state index contributed by atoms with van der Waals surface area (Å²) in [6, 6.07) is 5.97. The number of benzene rings is 1. The molecule has 7 nitrogen and oxygen atoms in total. The first-order chi connectivity index (χ1) is 10.6. The van der Waals surface area contributed by atoms with Crippen LogP contribution in [0.25, 0.3) is 6.08 Å². The molecular formula is C15H19N3O4. The maximum Gasteiger partial charge on any atom is 0.330 e. The third-order valence-electron chi connectivity index (χ3n) is 3.38. The van der Waals surface area contributed by atoms with Gasteiger partial charge >= 0.3 is 5.97 Å². The van der Waals surface area contributed by atoms with Crippen LogP contribution in [0, 0.1) is 10.1 Å². The van der Waals surface area contributed by atoms with Gasteiger partial charge in [0.15, 0.2) is 0 Å². The molecule has 0 saturated carbocycles. The molecule has 1 heterocycles. The molecule has 0 atom stereocenters. The highest BCUT2D eigenvalue weighted by Crippen LogP contribution is 2.12. The van der Waals surface area contributed by atoms with Crippen LogP contribution in [-0.4, -0.2) is 55.1 Å². The van der Waals surface area contributed by atoms with E-state index in [0.29, 0.717) is 12.2 Å². The number of hydrogen-bond acceptors (Lipinski definition) is 6. The number of piperazine rings is 1. The second-order valence-electron chi connectivity index (χ2n) is 4.94. The molecule has 2 rings (SSSR count). The van der Waals surface area contributed by atoms with E-state index in [0.717, 1.165) is 32.7 Å². The first-order valence-electron chi connectivity index (χ1n) is 7.17. The summed E-state index contributed by atoms with van der Waals surface area (Å²) in [7, 11) is 0. The number of non-ortho nitro benzene ring substituents is 1. The van der Waals surface area contributed by atoms with Crippen LogP contribution in [0.2, 0.25) is 0 Å². The summed E-state index contributed by atoms with van der Waals surface area (Å²) < 4.78 is 5.13. The Bertz CT molecular complexity index is 536. The van der Waals surface area contributed by atoms with Crippen molar-refractivity contribution in [2.45, 2.75) is 0 Å². The molecule has 118 valence electrons. The summed E-state index contributed by atoms with van der Waals surface area (Å²) in [5, 5.41) is 13.8. The van der Waals surface area contributed by atoms with Gasteiger partial charge in [0.05, 0.1) is 4.92 Å². The predicted molar refractivity (Wildman–Crippen MR) is 82.4 cm³/mol. The largest absolute Gasteiger partial charge is 0.461 e. The fourth-order valence-electron chi connectivity index (χ4n) is 2.13. The lowest BCUT2D eigenvalue weighted by molar-refractivity contribution is -0.384. The Kier molecular flexibility index (Phi) is 6.05. The fourth-order valence-corrected chi connectivity index (χ4v) is 2.13. The van der Waals surface area contributed by atoms with E-state index in [-0.39, 0.29) is 5.69 Å². The Morgan fingerprint density at radius 1 is 1.32 bits per heavy atom. The lowest BCUT2D eigenvalue weighted by Crippen LogP contribution is -2.44. The van der Waals surface area contributed by atoms with E-state index in [4.69, 9.17) is 4.74 Å². The maximum absolute atomic E-state index is 11.6. The Hall–Kier alpha value is -2.25. The van der Waals surface area contributed by atoms with Crippen LogP contribution in [-0.2, 0) is 9.53 Å². The highest BCUT2D eigenvalue weighted by Gasteiger charge is 2.09. The van der Waals surface area contributed by atoms with Crippen LogP contribution in [0.5, 0.6) is 0 Å². The lowest BCUT2D eigenvalue weighted by Gasteiger charge is -2.26. The topological polar surface area (TPSA) is 84.7 Å². The molecule has 1 aliphatic heterocycles. The zero-order chi connectivity index (χ0) is 15.8.